The standard InChI is InChI=1S/C20H31FO3/c1-3-23-19(24-4-2)14-17(16-12-8-9-13-18(16)21)20(22)15-10-6-5-7-11-15/h8-9,12-13,15,17,19-20,22H,3-7,10-11,14H2,1-2H3. The molecule has 0 heterocycles. The van der Waals surface area contributed by atoms with Crippen molar-refractivity contribution in [2.24, 2.45) is 5.92 Å². The van der Waals surface area contributed by atoms with Crippen LogP contribution >= 0.6 is 0 Å². The van der Waals surface area contributed by atoms with E-state index in [4.69, 9.17) is 9.47 Å². The molecule has 1 aliphatic carbocycles. The summed E-state index contributed by atoms with van der Waals surface area (Å²) >= 11 is 0. The molecule has 0 aromatic heterocycles. The van der Waals surface area contributed by atoms with Crippen molar-refractivity contribution < 1.29 is 19.0 Å². The van der Waals surface area contributed by atoms with Crippen LogP contribution in [0.3, 0.4) is 0 Å². The summed E-state index contributed by atoms with van der Waals surface area (Å²) in [5.74, 6) is -0.339. The molecule has 2 unspecified atom stereocenters. The van der Waals surface area contributed by atoms with Crippen LogP contribution in [0.25, 0.3) is 0 Å². The van der Waals surface area contributed by atoms with Crippen LogP contribution in [0.15, 0.2) is 24.3 Å². The van der Waals surface area contributed by atoms with Gasteiger partial charge in [-0.2, -0.15) is 0 Å². The predicted molar refractivity (Wildman–Crippen MR) is 93.4 cm³/mol. The molecule has 1 saturated carbocycles. The highest BCUT2D eigenvalue weighted by Crippen LogP contribution is 2.37. The van der Waals surface area contributed by atoms with E-state index in [9.17, 15) is 9.50 Å². The lowest BCUT2D eigenvalue weighted by Gasteiger charge is -2.34. The molecule has 1 fully saturated rings. The summed E-state index contributed by atoms with van der Waals surface area (Å²) in [7, 11) is 0. The van der Waals surface area contributed by atoms with Gasteiger partial charge in [0.2, 0.25) is 0 Å². The minimum absolute atomic E-state index is 0.229. The van der Waals surface area contributed by atoms with Crippen LogP contribution in [0.5, 0.6) is 0 Å². The van der Waals surface area contributed by atoms with Crippen molar-refractivity contribution in [2.75, 3.05) is 13.2 Å². The van der Waals surface area contributed by atoms with Crippen molar-refractivity contribution in [3.8, 4) is 0 Å². The van der Waals surface area contributed by atoms with Crippen LogP contribution in [0.2, 0.25) is 0 Å². The molecule has 0 aliphatic heterocycles. The Morgan fingerprint density at radius 1 is 1.08 bits per heavy atom. The SMILES string of the molecule is CCOC(CC(c1ccccc1F)C(O)C1CCCCC1)OCC. The molecule has 3 nitrogen and oxygen atoms in total. The van der Waals surface area contributed by atoms with Gasteiger partial charge in [-0.05, 0) is 44.2 Å². The van der Waals surface area contributed by atoms with Gasteiger partial charge in [0.15, 0.2) is 6.29 Å². The second-order valence-electron chi connectivity index (χ2n) is 6.59. The van der Waals surface area contributed by atoms with Crippen LogP contribution in [-0.4, -0.2) is 30.7 Å². The minimum Gasteiger partial charge on any atom is -0.392 e. The maximum atomic E-state index is 14.4. The molecule has 2 rings (SSSR count). The van der Waals surface area contributed by atoms with E-state index in [-0.39, 0.29) is 17.7 Å². The van der Waals surface area contributed by atoms with Gasteiger partial charge in [-0.3, -0.25) is 0 Å². The molecule has 1 aromatic carbocycles. The Hall–Kier alpha value is -0.970. The highest BCUT2D eigenvalue weighted by atomic mass is 19.1. The van der Waals surface area contributed by atoms with Crippen molar-refractivity contribution in [3.63, 3.8) is 0 Å². The lowest BCUT2D eigenvalue weighted by atomic mass is 9.77. The lowest BCUT2D eigenvalue weighted by Crippen LogP contribution is -2.33. The van der Waals surface area contributed by atoms with E-state index < -0.39 is 12.4 Å². The monoisotopic (exact) mass is 338 g/mol. The van der Waals surface area contributed by atoms with Gasteiger partial charge < -0.3 is 14.6 Å². The number of hydrogen-bond donors (Lipinski definition) is 1. The second kappa shape index (κ2) is 10.1. The van der Waals surface area contributed by atoms with Gasteiger partial charge in [0.25, 0.3) is 0 Å². The number of halogens is 1. The summed E-state index contributed by atoms with van der Waals surface area (Å²) in [6.45, 7) is 4.91. The molecular weight excluding hydrogens is 307 g/mol. The molecule has 1 N–H and O–H groups in total. The first-order valence-corrected chi connectivity index (χ1v) is 9.33. The van der Waals surface area contributed by atoms with E-state index >= 15 is 0 Å². The average molecular weight is 338 g/mol. The average Bonchev–Trinajstić information content (AvgIpc) is 2.61. The summed E-state index contributed by atoms with van der Waals surface area (Å²) in [5, 5.41) is 11.0. The number of ether oxygens (including phenoxy) is 2. The maximum absolute atomic E-state index is 14.4. The van der Waals surface area contributed by atoms with Crippen LogP contribution in [0.4, 0.5) is 4.39 Å². The third-order valence-electron chi connectivity index (χ3n) is 5.00. The summed E-state index contributed by atoms with van der Waals surface area (Å²) in [6, 6.07) is 6.76. The Morgan fingerprint density at radius 2 is 1.71 bits per heavy atom. The van der Waals surface area contributed by atoms with E-state index in [2.05, 4.69) is 0 Å². The van der Waals surface area contributed by atoms with Crippen LogP contribution in [0, 0.1) is 11.7 Å². The zero-order valence-electron chi connectivity index (χ0n) is 14.9. The van der Waals surface area contributed by atoms with Gasteiger partial charge in [0.1, 0.15) is 5.82 Å². The van der Waals surface area contributed by atoms with Crippen molar-refractivity contribution >= 4 is 0 Å². The summed E-state index contributed by atoms with van der Waals surface area (Å²) in [5.41, 5.74) is 0.569. The molecule has 0 saturated heterocycles. The Kier molecular flexibility index (Phi) is 8.16. The normalized spacial score (nSPS) is 18.7. The fourth-order valence-corrected chi connectivity index (χ4v) is 3.79. The summed E-state index contributed by atoms with van der Waals surface area (Å²) in [4.78, 5) is 0. The first-order chi connectivity index (χ1) is 11.7. The van der Waals surface area contributed by atoms with Crippen LogP contribution in [0.1, 0.15) is 63.9 Å². The Bertz CT molecular complexity index is 468. The molecule has 1 aromatic rings. The number of aliphatic hydroxyl groups is 1. The van der Waals surface area contributed by atoms with Gasteiger partial charge in [0, 0.05) is 25.6 Å². The maximum Gasteiger partial charge on any atom is 0.158 e. The van der Waals surface area contributed by atoms with Crippen LogP contribution in [-0.2, 0) is 9.47 Å². The van der Waals surface area contributed by atoms with Crippen molar-refractivity contribution in [1.82, 2.24) is 0 Å². The van der Waals surface area contributed by atoms with E-state index in [0.717, 1.165) is 25.7 Å². The Balaban J connectivity index is 2.21. The van der Waals surface area contributed by atoms with Gasteiger partial charge in [-0.1, -0.05) is 37.5 Å². The number of rotatable bonds is 9. The smallest absolute Gasteiger partial charge is 0.158 e. The van der Waals surface area contributed by atoms with Crippen molar-refractivity contribution in [1.29, 1.82) is 0 Å². The summed E-state index contributed by atoms with van der Waals surface area (Å²) in [6.07, 6.45) is 5.04. The van der Waals surface area contributed by atoms with Gasteiger partial charge in [-0.25, -0.2) is 4.39 Å². The molecule has 0 bridgehead atoms. The largest absolute Gasteiger partial charge is 0.392 e. The summed E-state index contributed by atoms with van der Waals surface area (Å²) < 4.78 is 25.7. The first-order valence-electron chi connectivity index (χ1n) is 9.33. The van der Waals surface area contributed by atoms with E-state index in [1.165, 1.54) is 12.5 Å². The molecule has 136 valence electrons. The minimum atomic E-state index is -0.564. The molecule has 0 radical (unpaired) electrons. The van der Waals surface area contributed by atoms with Crippen LogP contribution < -0.4 is 0 Å². The third-order valence-corrected chi connectivity index (χ3v) is 5.00. The highest BCUT2D eigenvalue weighted by molar-refractivity contribution is 5.23. The third kappa shape index (κ3) is 5.27. The van der Waals surface area contributed by atoms with E-state index in [0.29, 0.717) is 25.2 Å². The Labute approximate surface area is 145 Å². The molecule has 24 heavy (non-hydrogen) atoms. The molecule has 1 aliphatic rings. The quantitative estimate of drug-likeness (QED) is 0.667. The van der Waals surface area contributed by atoms with E-state index in [1.54, 1.807) is 12.1 Å². The van der Waals surface area contributed by atoms with Crippen molar-refractivity contribution in [2.45, 2.75) is 70.7 Å². The fraction of sp³-hybridized carbons (Fsp3) is 0.700. The second-order valence-corrected chi connectivity index (χ2v) is 6.59. The zero-order valence-corrected chi connectivity index (χ0v) is 14.9. The Morgan fingerprint density at radius 3 is 2.29 bits per heavy atom. The molecule has 2 atom stereocenters. The molecule has 4 heteroatoms. The molecule has 0 spiro atoms. The molecule has 0 amide bonds. The van der Waals surface area contributed by atoms with E-state index in [1.807, 2.05) is 19.9 Å². The lowest BCUT2D eigenvalue weighted by molar-refractivity contribution is -0.148. The number of aliphatic hydroxyl groups excluding tert-OH is 1. The fourth-order valence-electron chi connectivity index (χ4n) is 3.79. The van der Waals surface area contributed by atoms with Gasteiger partial charge in [-0.15, -0.1) is 0 Å². The zero-order chi connectivity index (χ0) is 17.4. The van der Waals surface area contributed by atoms with Gasteiger partial charge >= 0.3 is 0 Å². The van der Waals surface area contributed by atoms with Crippen molar-refractivity contribution in [3.05, 3.63) is 35.6 Å². The predicted octanol–water partition coefficient (Wildman–Crippen LogP) is 4.64. The highest BCUT2D eigenvalue weighted by Gasteiger charge is 2.33. The van der Waals surface area contributed by atoms with Gasteiger partial charge in [0.05, 0.1) is 6.10 Å². The first kappa shape index (κ1) is 19.4. The topological polar surface area (TPSA) is 38.7 Å². The molecular formula is C20H31FO3. The number of benzene rings is 1. The number of hydrogen-bond acceptors (Lipinski definition) is 3.